The van der Waals surface area contributed by atoms with Crippen LogP contribution >= 0.6 is 0 Å². The van der Waals surface area contributed by atoms with E-state index in [4.69, 9.17) is 4.74 Å². The Labute approximate surface area is 127 Å². The summed E-state index contributed by atoms with van der Waals surface area (Å²) >= 11 is 0. The molecular formula is C16H20F3NO2. The average molecular weight is 315 g/mol. The summed E-state index contributed by atoms with van der Waals surface area (Å²) in [6.07, 6.45) is -2.35. The number of carbonyl (C=O) groups excluding carboxylic acids is 1. The third-order valence-electron chi connectivity index (χ3n) is 3.73. The molecule has 0 saturated carbocycles. The summed E-state index contributed by atoms with van der Waals surface area (Å²) in [5, 5.41) is 2.11. The van der Waals surface area contributed by atoms with Crippen molar-refractivity contribution in [3.63, 3.8) is 0 Å². The molecule has 0 unspecified atom stereocenters. The largest absolute Gasteiger partial charge is 0.408 e. The van der Waals surface area contributed by atoms with E-state index in [1.165, 1.54) is 0 Å². The topological polar surface area (TPSA) is 38.3 Å². The van der Waals surface area contributed by atoms with E-state index in [0.717, 1.165) is 12.8 Å². The molecule has 1 aliphatic rings. The van der Waals surface area contributed by atoms with E-state index in [-0.39, 0.29) is 18.9 Å². The van der Waals surface area contributed by atoms with E-state index >= 15 is 0 Å². The molecule has 1 heterocycles. The maximum Gasteiger partial charge on any atom is 0.408 e. The number of nitrogens with one attached hydrogen (secondary N) is 1. The van der Waals surface area contributed by atoms with Gasteiger partial charge in [0.1, 0.15) is 6.04 Å². The van der Waals surface area contributed by atoms with Crippen LogP contribution in [0.3, 0.4) is 0 Å². The molecule has 1 aliphatic heterocycles. The predicted molar refractivity (Wildman–Crippen MR) is 76.3 cm³/mol. The molecule has 0 spiro atoms. The molecule has 1 aromatic carbocycles. The van der Waals surface area contributed by atoms with Crippen LogP contribution in [0.4, 0.5) is 13.2 Å². The van der Waals surface area contributed by atoms with Crippen LogP contribution in [0.1, 0.15) is 31.2 Å². The summed E-state index contributed by atoms with van der Waals surface area (Å²) in [6, 6.07) is 6.50. The number of amides is 1. The molecule has 2 atom stereocenters. The van der Waals surface area contributed by atoms with Gasteiger partial charge in [-0.25, -0.2) is 0 Å². The fraction of sp³-hybridized carbons (Fsp3) is 0.562. The molecule has 0 radical (unpaired) electrons. The number of alkyl halides is 3. The van der Waals surface area contributed by atoms with Gasteiger partial charge in [0.2, 0.25) is 5.91 Å². The van der Waals surface area contributed by atoms with Gasteiger partial charge in [-0.3, -0.25) is 4.79 Å². The standard InChI is InChI=1S/C16H20F3NO2/c17-16(18,19)14(11-12-5-2-1-3-6-12)20-15(21)9-8-13-7-4-10-22-13/h1-3,5-6,13-14H,4,7-11H2,(H,20,21)/t13-,14+/m0/s1. The van der Waals surface area contributed by atoms with E-state index in [0.29, 0.717) is 18.6 Å². The lowest BCUT2D eigenvalue weighted by Gasteiger charge is -2.22. The Morgan fingerprint density at radius 1 is 1.32 bits per heavy atom. The zero-order valence-electron chi connectivity index (χ0n) is 12.2. The van der Waals surface area contributed by atoms with Crippen molar-refractivity contribution in [3.05, 3.63) is 35.9 Å². The van der Waals surface area contributed by atoms with Crippen LogP contribution in [-0.2, 0) is 16.0 Å². The summed E-state index contributed by atoms with van der Waals surface area (Å²) in [6.45, 7) is 0.672. The number of rotatable bonds is 6. The van der Waals surface area contributed by atoms with Gasteiger partial charge in [0.15, 0.2) is 0 Å². The number of hydrogen-bond acceptors (Lipinski definition) is 2. The molecule has 0 aromatic heterocycles. The second kappa shape index (κ2) is 7.63. The second-order valence-electron chi connectivity index (χ2n) is 5.53. The fourth-order valence-corrected chi connectivity index (χ4v) is 2.53. The first kappa shape index (κ1) is 16.8. The molecule has 2 rings (SSSR count). The predicted octanol–water partition coefficient (Wildman–Crippen LogP) is 3.24. The first-order valence-electron chi connectivity index (χ1n) is 7.47. The van der Waals surface area contributed by atoms with Crippen LogP contribution in [0, 0.1) is 0 Å². The van der Waals surface area contributed by atoms with Crippen molar-refractivity contribution in [2.24, 2.45) is 0 Å². The highest BCUT2D eigenvalue weighted by molar-refractivity contribution is 5.76. The van der Waals surface area contributed by atoms with Gasteiger partial charge in [-0.15, -0.1) is 0 Å². The molecule has 1 amide bonds. The third-order valence-corrected chi connectivity index (χ3v) is 3.73. The molecular weight excluding hydrogens is 295 g/mol. The van der Waals surface area contributed by atoms with Gasteiger partial charge >= 0.3 is 6.18 Å². The van der Waals surface area contributed by atoms with E-state index in [1.807, 2.05) is 0 Å². The Bertz CT molecular complexity index is 470. The number of hydrogen-bond donors (Lipinski definition) is 1. The van der Waals surface area contributed by atoms with Crippen LogP contribution < -0.4 is 5.32 Å². The fourth-order valence-electron chi connectivity index (χ4n) is 2.53. The van der Waals surface area contributed by atoms with E-state index in [1.54, 1.807) is 30.3 Å². The molecule has 1 saturated heterocycles. The summed E-state index contributed by atoms with van der Waals surface area (Å²) in [4.78, 5) is 11.8. The van der Waals surface area contributed by atoms with E-state index < -0.39 is 18.1 Å². The molecule has 122 valence electrons. The number of carbonyl (C=O) groups is 1. The minimum Gasteiger partial charge on any atom is -0.378 e. The maximum atomic E-state index is 13.1. The van der Waals surface area contributed by atoms with Gasteiger partial charge in [-0.1, -0.05) is 30.3 Å². The van der Waals surface area contributed by atoms with Crippen molar-refractivity contribution in [3.8, 4) is 0 Å². The quantitative estimate of drug-likeness (QED) is 0.875. The molecule has 0 bridgehead atoms. The van der Waals surface area contributed by atoms with Gasteiger partial charge in [0.05, 0.1) is 6.10 Å². The van der Waals surface area contributed by atoms with Crippen LogP contribution in [0.25, 0.3) is 0 Å². The zero-order valence-corrected chi connectivity index (χ0v) is 12.2. The normalized spacial score (nSPS) is 19.9. The average Bonchev–Trinajstić information content (AvgIpc) is 2.98. The number of ether oxygens (including phenoxy) is 1. The highest BCUT2D eigenvalue weighted by atomic mass is 19.4. The highest BCUT2D eigenvalue weighted by Gasteiger charge is 2.40. The minimum absolute atomic E-state index is 0.00390. The molecule has 22 heavy (non-hydrogen) atoms. The van der Waals surface area contributed by atoms with Crippen molar-refractivity contribution < 1.29 is 22.7 Å². The third kappa shape index (κ3) is 5.33. The molecule has 1 fully saturated rings. The maximum absolute atomic E-state index is 13.1. The second-order valence-corrected chi connectivity index (χ2v) is 5.53. The lowest BCUT2D eigenvalue weighted by molar-refractivity contribution is -0.161. The lowest BCUT2D eigenvalue weighted by Crippen LogP contribution is -2.46. The van der Waals surface area contributed by atoms with Crippen molar-refractivity contribution in [2.45, 2.75) is 50.4 Å². The van der Waals surface area contributed by atoms with Crippen molar-refractivity contribution in [1.29, 1.82) is 0 Å². The number of halogens is 3. The monoisotopic (exact) mass is 315 g/mol. The van der Waals surface area contributed by atoms with Gasteiger partial charge < -0.3 is 10.1 Å². The van der Waals surface area contributed by atoms with Crippen LogP contribution in [-0.4, -0.2) is 30.8 Å². The number of benzene rings is 1. The zero-order chi connectivity index (χ0) is 16.0. The smallest absolute Gasteiger partial charge is 0.378 e. The SMILES string of the molecule is O=C(CC[C@@H]1CCCO1)N[C@H](Cc1ccccc1)C(F)(F)F. The Hall–Kier alpha value is -1.56. The van der Waals surface area contributed by atoms with Crippen LogP contribution in [0.2, 0.25) is 0 Å². The van der Waals surface area contributed by atoms with Crippen LogP contribution in [0.5, 0.6) is 0 Å². The van der Waals surface area contributed by atoms with Gasteiger partial charge in [0.25, 0.3) is 0 Å². The summed E-state index contributed by atoms with van der Waals surface area (Å²) < 4.78 is 44.6. The van der Waals surface area contributed by atoms with Crippen LogP contribution in [0.15, 0.2) is 30.3 Å². The van der Waals surface area contributed by atoms with Crippen molar-refractivity contribution in [2.75, 3.05) is 6.61 Å². The Balaban J connectivity index is 1.87. The molecule has 0 aliphatic carbocycles. The van der Waals surface area contributed by atoms with Gasteiger partial charge in [-0.2, -0.15) is 13.2 Å². The Kier molecular flexibility index (Phi) is 5.83. The lowest BCUT2D eigenvalue weighted by atomic mass is 10.0. The highest BCUT2D eigenvalue weighted by Crippen LogP contribution is 2.24. The first-order valence-corrected chi connectivity index (χ1v) is 7.47. The van der Waals surface area contributed by atoms with E-state index in [2.05, 4.69) is 5.32 Å². The Morgan fingerprint density at radius 3 is 2.64 bits per heavy atom. The minimum atomic E-state index is -4.46. The van der Waals surface area contributed by atoms with Crippen molar-refractivity contribution >= 4 is 5.91 Å². The van der Waals surface area contributed by atoms with E-state index in [9.17, 15) is 18.0 Å². The molecule has 1 N–H and O–H groups in total. The first-order chi connectivity index (χ1) is 10.4. The molecule has 3 nitrogen and oxygen atoms in total. The summed E-state index contributed by atoms with van der Waals surface area (Å²) in [5.74, 6) is -0.575. The summed E-state index contributed by atoms with van der Waals surface area (Å²) in [5.41, 5.74) is 0.546. The van der Waals surface area contributed by atoms with Gasteiger partial charge in [-0.05, 0) is 24.8 Å². The Morgan fingerprint density at radius 2 is 2.05 bits per heavy atom. The summed E-state index contributed by atoms with van der Waals surface area (Å²) in [7, 11) is 0. The molecule has 6 heteroatoms. The molecule has 1 aromatic rings. The van der Waals surface area contributed by atoms with Crippen molar-refractivity contribution in [1.82, 2.24) is 5.32 Å². The van der Waals surface area contributed by atoms with Gasteiger partial charge in [0, 0.05) is 19.4 Å².